The third kappa shape index (κ3) is 1.63. The maximum absolute atomic E-state index is 13.4. The fourth-order valence-electron chi connectivity index (χ4n) is 2.11. The Balaban J connectivity index is 2.03. The fraction of sp³-hybridized carbons (Fsp3) is 0.133. The van der Waals surface area contributed by atoms with Crippen LogP contribution in [0.15, 0.2) is 46.2 Å². The van der Waals surface area contributed by atoms with E-state index in [1.807, 2.05) is 37.3 Å². The summed E-state index contributed by atoms with van der Waals surface area (Å²) in [5, 5.41) is 9.75. The van der Waals surface area contributed by atoms with Gasteiger partial charge in [-0.2, -0.15) is 5.26 Å². The van der Waals surface area contributed by atoms with Crippen LogP contribution in [0.2, 0.25) is 0 Å². The van der Waals surface area contributed by atoms with E-state index < -0.39 is 5.83 Å². The zero-order valence-corrected chi connectivity index (χ0v) is 9.83. The summed E-state index contributed by atoms with van der Waals surface area (Å²) >= 11 is 0. The van der Waals surface area contributed by atoms with Crippen LogP contribution in [0.1, 0.15) is 17.7 Å². The molecule has 0 saturated heterocycles. The molecule has 0 atom stereocenters. The quantitative estimate of drug-likeness (QED) is 0.744. The van der Waals surface area contributed by atoms with Gasteiger partial charge in [-0.05, 0) is 30.7 Å². The van der Waals surface area contributed by atoms with Crippen LogP contribution in [0.5, 0.6) is 0 Å². The lowest BCUT2D eigenvalue weighted by Gasteiger charge is -1.95. The number of nitrogens with zero attached hydrogens (tertiary/aromatic N) is 1. The van der Waals surface area contributed by atoms with Gasteiger partial charge in [-0.1, -0.05) is 12.1 Å². The number of hydrogen-bond acceptors (Lipinski definition) is 2. The van der Waals surface area contributed by atoms with E-state index in [4.69, 9.17) is 9.68 Å². The number of furan rings is 1. The van der Waals surface area contributed by atoms with Gasteiger partial charge in [0.15, 0.2) is 0 Å². The van der Waals surface area contributed by atoms with E-state index in [-0.39, 0.29) is 5.57 Å². The first-order chi connectivity index (χ1) is 8.67. The first-order valence-corrected chi connectivity index (χ1v) is 5.67. The molecular formula is C15H10FNO. The maximum Gasteiger partial charge on any atom is 0.137 e. The van der Waals surface area contributed by atoms with Crippen molar-refractivity contribution in [2.45, 2.75) is 13.3 Å². The molecule has 0 saturated carbocycles. The first-order valence-electron chi connectivity index (χ1n) is 5.67. The number of fused-ring (bicyclic) bond motifs is 1. The number of hydrogen-bond donors (Lipinski definition) is 0. The van der Waals surface area contributed by atoms with Gasteiger partial charge >= 0.3 is 0 Å². The Morgan fingerprint density at radius 2 is 2.17 bits per heavy atom. The molecule has 0 spiro atoms. The smallest absolute Gasteiger partial charge is 0.137 e. The summed E-state index contributed by atoms with van der Waals surface area (Å²) in [7, 11) is 0. The number of aryl methyl sites for hydroxylation is 1. The summed E-state index contributed by atoms with van der Waals surface area (Å²) in [5.41, 5.74) is 2.79. The molecule has 2 aromatic rings. The van der Waals surface area contributed by atoms with Crippen molar-refractivity contribution in [2.24, 2.45) is 0 Å². The molecule has 0 radical (unpaired) electrons. The van der Waals surface area contributed by atoms with Gasteiger partial charge in [0, 0.05) is 17.4 Å². The lowest BCUT2D eigenvalue weighted by Crippen LogP contribution is -1.78. The number of rotatable bonds is 1. The topological polar surface area (TPSA) is 36.9 Å². The highest BCUT2D eigenvalue weighted by atomic mass is 19.1. The molecule has 3 rings (SSSR count). The summed E-state index contributed by atoms with van der Waals surface area (Å²) in [5.74, 6) is 0.181. The van der Waals surface area contributed by atoms with Crippen LogP contribution < -0.4 is 0 Å². The summed E-state index contributed by atoms with van der Waals surface area (Å²) in [4.78, 5) is 0. The van der Waals surface area contributed by atoms with Gasteiger partial charge in [-0.25, -0.2) is 4.39 Å². The van der Waals surface area contributed by atoms with Crippen LogP contribution in [0.25, 0.3) is 16.5 Å². The highest BCUT2D eigenvalue weighted by molar-refractivity contribution is 5.84. The zero-order chi connectivity index (χ0) is 12.7. The molecule has 18 heavy (non-hydrogen) atoms. The van der Waals surface area contributed by atoms with Crippen molar-refractivity contribution >= 4 is 16.5 Å². The third-order valence-electron chi connectivity index (χ3n) is 3.08. The van der Waals surface area contributed by atoms with Crippen molar-refractivity contribution < 1.29 is 8.81 Å². The van der Waals surface area contributed by atoms with Crippen molar-refractivity contribution in [3.63, 3.8) is 0 Å². The second-order valence-corrected chi connectivity index (χ2v) is 4.44. The van der Waals surface area contributed by atoms with E-state index in [1.165, 1.54) is 6.08 Å². The summed E-state index contributed by atoms with van der Waals surface area (Å²) in [6.07, 6.45) is 1.68. The predicted octanol–water partition coefficient (Wildman–Crippen LogP) is 4.28. The second-order valence-electron chi connectivity index (χ2n) is 4.44. The molecule has 0 aliphatic heterocycles. The van der Waals surface area contributed by atoms with Crippen molar-refractivity contribution in [3.8, 4) is 6.07 Å². The van der Waals surface area contributed by atoms with Crippen LogP contribution in [-0.4, -0.2) is 0 Å². The second kappa shape index (κ2) is 3.85. The molecule has 0 N–H and O–H groups in total. The van der Waals surface area contributed by atoms with Gasteiger partial charge in [-0.15, -0.1) is 0 Å². The Bertz CT molecular complexity index is 743. The highest BCUT2D eigenvalue weighted by Crippen LogP contribution is 2.35. The molecule has 0 unspecified atom stereocenters. The number of nitriles is 1. The molecular weight excluding hydrogens is 229 g/mol. The van der Waals surface area contributed by atoms with Crippen molar-refractivity contribution in [1.29, 1.82) is 5.26 Å². The number of allylic oxidation sites excluding steroid dienone is 4. The van der Waals surface area contributed by atoms with Crippen LogP contribution in [-0.2, 0) is 0 Å². The molecule has 0 fully saturated rings. The van der Waals surface area contributed by atoms with E-state index in [2.05, 4.69) is 0 Å². The number of halogens is 1. The lowest BCUT2D eigenvalue weighted by molar-refractivity contribution is 0.597. The Hall–Kier alpha value is -2.34. The Labute approximate surface area is 104 Å². The molecule has 0 amide bonds. The van der Waals surface area contributed by atoms with Gasteiger partial charge in [0.2, 0.25) is 0 Å². The van der Waals surface area contributed by atoms with Gasteiger partial charge in [-0.3, -0.25) is 0 Å². The van der Waals surface area contributed by atoms with E-state index in [0.29, 0.717) is 12.2 Å². The minimum Gasteiger partial charge on any atom is -0.456 e. The van der Waals surface area contributed by atoms with Crippen LogP contribution in [0.3, 0.4) is 0 Å². The van der Waals surface area contributed by atoms with Crippen molar-refractivity contribution in [1.82, 2.24) is 0 Å². The van der Waals surface area contributed by atoms with Crippen molar-refractivity contribution in [3.05, 3.63) is 53.1 Å². The fourth-order valence-corrected chi connectivity index (χ4v) is 2.11. The minimum absolute atomic E-state index is 0.168. The predicted molar refractivity (Wildman–Crippen MR) is 67.3 cm³/mol. The molecule has 1 aliphatic rings. The van der Waals surface area contributed by atoms with Crippen LogP contribution >= 0.6 is 0 Å². The van der Waals surface area contributed by atoms with E-state index in [9.17, 15) is 4.39 Å². The normalized spacial score (nSPS) is 15.1. The van der Waals surface area contributed by atoms with Gasteiger partial charge in [0.1, 0.15) is 17.2 Å². The Kier molecular flexibility index (Phi) is 2.31. The summed E-state index contributed by atoms with van der Waals surface area (Å²) in [6.45, 7) is 1.99. The largest absolute Gasteiger partial charge is 0.456 e. The monoisotopic (exact) mass is 239 g/mol. The minimum atomic E-state index is -0.455. The van der Waals surface area contributed by atoms with Gasteiger partial charge < -0.3 is 4.42 Å². The Morgan fingerprint density at radius 1 is 1.33 bits per heavy atom. The average Bonchev–Trinajstić information content (AvgIpc) is 2.91. The maximum atomic E-state index is 13.4. The molecule has 88 valence electrons. The SMILES string of the molecule is Cc1ccc2cc(C3=CC(F)=C(C#N)C3)oc2c1. The first kappa shape index (κ1) is 10.8. The zero-order valence-electron chi connectivity index (χ0n) is 9.83. The van der Waals surface area contributed by atoms with E-state index in [0.717, 1.165) is 22.1 Å². The van der Waals surface area contributed by atoms with E-state index in [1.54, 1.807) is 0 Å². The molecule has 1 aromatic carbocycles. The molecule has 1 aromatic heterocycles. The van der Waals surface area contributed by atoms with Crippen molar-refractivity contribution in [2.75, 3.05) is 0 Å². The highest BCUT2D eigenvalue weighted by Gasteiger charge is 2.19. The number of benzene rings is 1. The van der Waals surface area contributed by atoms with Crippen LogP contribution in [0.4, 0.5) is 4.39 Å². The molecule has 1 heterocycles. The summed E-state index contributed by atoms with van der Waals surface area (Å²) in [6, 6.07) is 9.68. The van der Waals surface area contributed by atoms with E-state index >= 15 is 0 Å². The molecule has 0 bridgehead atoms. The summed E-state index contributed by atoms with van der Waals surface area (Å²) < 4.78 is 19.1. The van der Waals surface area contributed by atoms with Gasteiger partial charge in [0.05, 0.1) is 11.6 Å². The molecule has 3 heteroatoms. The van der Waals surface area contributed by atoms with Gasteiger partial charge in [0.25, 0.3) is 0 Å². The molecule has 2 nitrogen and oxygen atoms in total. The Morgan fingerprint density at radius 3 is 2.89 bits per heavy atom. The average molecular weight is 239 g/mol. The van der Waals surface area contributed by atoms with Crippen LogP contribution in [0, 0.1) is 18.3 Å². The standard InChI is InChI=1S/C15H10FNO/c1-9-2-3-10-7-15(18-14(10)4-9)11-5-12(8-17)13(16)6-11/h2-4,6-7H,5H2,1H3. The molecule has 1 aliphatic carbocycles. The lowest BCUT2D eigenvalue weighted by atomic mass is 10.1. The third-order valence-corrected chi connectivity index (χ3v) is 3.08.